The molecule has 138 valence electrons. The number of nitrogens with two attached hydrogens (primary N) is 1. The van der Waals surface area contributed by atoms with Gasteiger partial charge in [-0.25, -0.2) is 9.97 Å². The van der Waals surface area contributed by atoms with Gasteiger partial charge in [-0.2, -0.15) is 13.2 Å². The summed E-state index contributed by atoms with van der Waals surface area (Å²) in [5, 5.41) is 0. The number of carbonyl (C=O) groups excluding carboxylic acids is 1. The topological polar surface area (TPSA) is 81.3 Å². The fraction of sp³-hybridized carbons (Fsp3) is 0.312. The maximum atomic E-state index is 12.8. The molecule has 3 heterocycles. The van der Waals surface area contributed by atoms with Crippen molar-refractivity contribution in [2.75, 3.05) is 25.9 Å². The van der Waals surface area contributed by atoms with Crippen molar-refractivity contribution in [2.45, 2.75) is 12.6 Å². The SMILES string of the molecule is [2H]C([2H])([2H])Oc1nc(-c2cc(Br)cnc2N)cc2c1C(=O)N(CC(F)(F)F)CC2. The van der Waals surface area contributed by atoms with E-state index >= 15 is 0 Å². The lowest BCUT2D eigenvalue weighted by atomic mass is 9.98. The van der Waals surface area contributed by atoms with E-state index in [1.807, 2.05) is 0 Å². The van der Waals surface area contributed by atoms with Gasteiger partial charge in [-0.3, -0.25) is 4.79 Å². The smallest absolute Gasteiger partial charge is 0.406 e. The van der Waals surface area contributed by atoms with Crippen LogP contribution in [-0.2, 0) is 6.42 Å². The molecule has 0 bridgehead atoms. The standard InChI is InChI=1S/C16H14BrF3N4O2/c1-26-14-12-8(2-3-24(15(12)25)7-16(18,19)20)4-11(23-14)10-5-9(17)6-22-13(10)21/h4-6H,2-3,7H2,1H3,(H2,21,22)/i1D3. The molecule has 0 atom stereocenters. The summed E-state index contributed by atoms with van der Waals surface area (Å²) >= 11 is 3.25. The number of anilines is 1. The molecule has 0 saturated carbocycles. The van der Waals surface area contributed by atoms with Crippen LogP contribution in [0.4, 0.5) is 19.0 Å². The van der Waals surface area contributed by atoms with Crippen molar-refractivity contribution < 1.29 is 26.8 Å². The number of amides is 1. The summed E-state index contributed by atoms with van der Waals surface area (Å²) in [6, 6.07) is 3.07. The van der Waals surface area contributed by atoms with Crippen molar-refractivity contribution in [2.24, 2.45) is 0 Å². The van der Waals surface area contributed by atoms with Gasteiger partial charge in [0.25, 0.3) is 5.91 Å². The second-order valence-electron chi connectivity index (χ2n) is 5.63. The van der Waals surface area contributed by atoms with Crippen molar-refractivity contribution >= 4 is 27.7 Å². The molecule has 2 aromatic rings. The lowest BCUT2D eigenvalue weighted by molar-refractivity contribution is -0.141. The molecule has 0 aromatic carbocycles. The van der Waals surface area contributed by atoms with Crippen LogP contribution in [0.2, 0.25) is 0 Å². The molecule has 0 unspecified atom stereocenters. The first-order chi connectivity index (χ1) is 13.3. The number of methoxy groups -OCH3 is 1. The molecule has 2 N–H and O–H groups in total. The molecule has 3 rings (SSSR count). The van der Waals surface area contributed by atoms with Crippen LogP contribution in [0.1, 0.15) is 20.0 Å². The summed E-state index contributed by atoms with van der Waals surface area (Å²) < 4.78 is 65.7. The maximum absolute atomic E-state index is 12.8. The Morgan fingerprint density at radius 2 is 2.23 bits per heavy atom. The molecule has 1 amide bonds. The number of hydrogen-bond donors (Lipinski definition) is 1. The zero-order chi connectivity index (χ0) is 21.6. The van der Waals surface area contributed by atoms with E-state index in [0.29, 0.717) is 20.5 Å². The Bertz CT molecular complexity index is 970. The average molecular weight is 434 g/mol. The Labute approximate surface area is 159 Å². The van der Waals surface area contributed by atoms with Crippen molar-refractivity contribution in [1.82, 2.24) is 14.9 Å². The Hall–Kier alpha value is -2.36. The summed E-state index contributed by atoms with van der Waals surface area (Å²) in [6.07, 6.45) is -3.08. The van der Waals surface area contributed by atoms with Gasteiger partial charge in [-0.1, -0.05) is 0 Å². The van der Waals surface area contributed by atoms with Crippen molar-refractivity contribution in [3.05, 3.63) is 33.9 Å². The lowest BCUT2D eigenvalue weighted by Gasteiger charge is -2.30. The third-order valence-electron chi connectivity index (χ3n) is 3.85. The number of aromatic nitrogens is 2. The van der Waals surface area contributed by atoms with Gasteiger partial charge in [-0.15, -0.1) is 0 Å². The number of fused-ring (bicyclic) bond motifs is 1. The minimum absolute atomic E-state index is 0.0609. The van der Waals surface area contributed by atoms with Crippen LogP contribution in [0.3, 0.4) is 0 Å². The monoisotopic (exact) mass is 433 g/mol. The molecule has 0 fully saturated rings. The number of pyridine rings is 2. The van der Waals surface area contributed by atoms with Gasteiger partial charge < -0.3 is 15.4 Å². The fourth-order valence-electron chi connectivity index (χ4n) is 2.75. The predicted molar refractivity (Wildman–Crippen MR) is 91.8 cm³/mol. The third kappa shape index (κ3) is 3.59. The molecule has 2 aromatic heterocycles. The number of nitrogens with zero attached hydrogens (tertiary/aromatic N) is 3. The average Bonchev–Trinajstić information content (AvgIpc) is 2.56. The van der Waals surface area contributed by atoms with Gasteiger partial charge in [0.05, 0.1) is 16.8 Å². The Morgan fingerprint density at radius 3 is 2.92 bits per heavy atom. The molecule has 6 nitrogen and oxygen atoms in total. The minimum atomic E-state index is -4.60. The van der Waals surface area contributed by atoms with Gasteiger partial charge >= 0.3 is 6.18 Å². The summed E-state index contributed by atoms with van der Waals surface area (Å²) in [6.45, 7) is -1.64. The van der Waals surface area contributed by atoms with Gasteiger partial charge in [0.15, 0.2) is 0 Å². The number of carbonyl (C=O) groups is 1. The molecule has 0 spiro atoms. The van der Waals surface area contributed by atoms with Gasteiger partial charge in [0.2, 0.25) is 5.88 Å². The molecule has 1 aliphatic rings. The molecule has 0 radical (unpaired) electrons. The van der Waals surface area contributed by atoms with Crippen LogP contribution in [-0.4, -0.2) is 47.1 Å². The van der Waals surface area contributed by atoms with E-state index in [1.165, 1.54) is 12.3 Å². The highest BCUT2D eigenvalue weighted by atomic mass is 79.9. The van der Waals surface area contributed by atoms with Gasteiger partial charge in [0.1, 0.15) is 17.9 Å². The largest absolute Gasteiger partial charge is 0.480 e. The highest BCUT2D eigenvalue weighted by Gasteiger charge is 2.37. The van der Waals surface area contributed by atoms with E-state index in [1.54, 1.807) is 6.07 Å². The number of ether oxygens (including phenoxy) is 1. The first kappa shape index (κ1) is 14.8. The summed E-state index contributed by atoms with van der Waals surface area (Å²) in [7, 11) is -2.97. The zero-order valence-corrected chi connectivity index (χ0v) is 14.7. The molecular weight excluding hydrogens is 417 g/mol. The predicted octanol–water partition coefficient (Wildman–Crippen LogP) is 3.06. The van der Waals surface area contributed by atoms with Gasteiger partial charge in [0, 0.05) is 22.8 Å². The van der Waals surface area contributed by atoms with E-state index in [0.717, 1.165) is 0 Å². The Balaban J connectivity index is 2.13. The second-order valence-corrected chi connectivity index (χ2v) is 6.54. The quantitative estimate of drug-likeness (QED) is 0.804. The van der Waals surface area contributed by atoms with Crippen LogP contribution >= 0.6 is 15.9 Å². The highest BCUT2D eigenvalue weighted by Crippen LogP contribution is 2.34. The van der Waals surface area contributed by atoms with E-state index in [2.05, 4.69) is 25.9 Å². The summed E-state index contributed by atoms with van der Waals surface area (Å²) in [4.78, 5) is 21.3. The first-order valence-electron chi connectivity index (χ1n) is 8.84. The van der Waals surface area contributed by atoms with E-state index in [-0.39, 0.29) is 30.0 Å². The third-order valence-corrected chi connectivity index (χ3v) is 4.28. The van der Waals surface area contributed by atoms with Crippen LogP contribution in [0.25, 0.3) is 11.3 Å². The Kier molecular flexibility index (Phi) is 3.83. The number of hydrogen-bond acceptors (Lipinski definition) is 5. The molecule has 26 heavy (non-hydrogen) atoms. The van der Waals surface area contributed by atoms with Crippen molar-refractivity contribution in [3.63, 3.8) is 0 Å². The summed E-state index contributed by atoms with van der Waals surface area (Å²) in [5.41, 5.74) is 6.42. The number of alkyl halides is 3. The number of halogens is 4. The Morgan fingerprint density at radius 1 is 1.46 bits per heavy atom. The van der Waals surface area contributed by atoms with Crippen LogP contribution < -0.4 is 10.5 Å². The number of nitrogen functional groups attached to an aromatic ring is 1. The molecular formula is C16H14BrF3N4O2. The van der Waals surface area contributed by atoms with Crippen LogP contribution in [0.5, 0.6) is 5.88 Å². The fourth-order valence-corrected chi connectivity index (χ4v) is 3.08. The van der Waals surface area contributed by atoms with E-state index in [4.69, 9.17) is 14.6 Å². The van der Waals surface area contributed by atoms with Crippen molar-refractivity contribution in [1.29, 1.82) is 0 Å². The minimum Gasteiger partial charge on any atom is -0.480 e. The lowest BCUT2D eigenvalue weighted by Crippen LogP contribution is -2.43. The van der Waals surface area contributed by atoms with Crippen LogP contribution in [0.15, 0.2) is 22.8 Å². The summed E-state index contributed by atoms with van der Waals surface area (Å²) in [5.74, 6) is -1.47. The molecule has 0 aliphatic carbocycles. The van der Waals surface area contributed by atoms with Crippen LogP contribution in [0, 0.1) is 0 Å². The molecule has 1 aliphatic heterocycles. The maximum Gasteiger partial charge on any atom is 0.406 e. The van der Waals surface area contributed by atoms with Gasteiger partial charge in [-0.05, 0) is 40.0 Å². The molecule has 10 heteroatoms. The molecule has 0 saturated heterocycles. The van der Waals surface area contributed by atoms with E-state index < -0.39 is 31.5 Å². The normalized spacial score (nSPS) is 16.5. The number of rotatable bonds is 3. The van der Waals surface area contributed by atoms with Crippen molar-refractivity contribution in [3.8, 4) is 17.1 Å². The first-order valence-corrected chi connectivity index (χ1v) is 8.14. The second kappa shape index (κ2) is 6.75. The van der Waals surface area contributed by atoms with E-state index in [9.17, 15) is 18.0 Å². The highest BCUT2D eigenvalue weighted by molar-refractivity contribution is 9.10. The zero-order valence-electron chi connectivity index (χ0n) is 16.1.